The van der Waals surface area contributed by atoms with E-state index in [0.717, 1.165) is 0 Å². The van der Waals surface area contributed by atoms with Gasteiger partial charge in [-0.15, -0.1) is 0 Å². The summed E-state index contributed by atoms with van der Waals surface area (Å²) in [5.74, 6) is -11.1. The summed E-state index contributed by atoms with van der Waals surface area (Å²) in [6.45, 7) is 0.0162. The summed E-state index contributed by atoms with van der Waals surface area (Å²) in [5, 5.41) is 0. The predicted octanol–water partition coefficient (Wildman–Crippen LogP) is 1.09. The first-order valence-electron chi connectivity index (χ1n) is 6.94. The predicted molar refractivity (Wildman–Crippen MR) is 65.5 cm³/mol. The third-order valence-electron chi connectivity index (χ3n) is 4.35. The number of alkyl halides is 4. The van der Waals surface area contributed by atoms with E-state index in [0.29, 0.717) is 0 Å². The zero-order valence-electron chi connectivity index (χ0n) is 11.9. The van der Waals surface area contributed by atoms with E-state index in [4.69, 9.17) is 13.7 Å². The van der Waals surface area contributed by atoms with Gasteiger partial charge in [0.25, 0.3) is 10.1 Å². The number of carbonyl (C=O) groups is 1. The molecule has 23 heavy (non-hydrogen) atoms. The second kappa shape index (κ2) is 5.03. The highest BCUT2D eigenvalue weighted by Gasteiger charge is 2.65. The molecule has 3 saturated heterocycles. The van der Waals surface area contributed by atoms with Gasteiger partial charge in [-0.1, -0.05) is 0 Å². The maximum absolute atomic E-state index is 13.2. The van der Waals surface area contributed by atoms with Crippen molar-refractivity contribution in [1.29, 1.82) is 0 Å². The Labute approximate surface area is 129 Å². The highest BCUT2D eigenvalue weighted by molar-refractivity contribution is 7.86. The van der Waals surface area contributed by atoms with Crippen LogP contribution in [0.1, 0.15) is 19.8 Å². The summed E-state index contributed by atoms with van der Waals surface area (Å²) in [4.78, 5) is 11.5. The largest absolute Gasteiger partial charge is 0.456 e. The lowest BCUT2D eigenvalue weighted by Gasteiger charge is -2.24. The van der Waals surface area contributed by atoms with Crippen molar-refractivity contribution < 1.29 is 44.4 Å². The van der Waals surface area contributed by atoms with Gasteiger partial charge in [-0.05, 0) is 6.42 Å². The minimum Gasteiger partial charge on any atom is -0.456 e. The number of ether oxygens (including phenoxy) is 2. The molecule has 5 atom stereocenters. The zero-order chi connectivity index (χ0) is 17.2. The van der Waals surface area contributed by atoms with Crippen LogP contribution in [0.2, 0.25) is 0 Å². The summed E-state index contributed by atoms with van der Waals surface area (Å²) in [6, 6.07) is 0. The molecule has 3 rings (SSSR count). The minimum atomic E-state index is -4.51. The van der Waals surface area contributed by atoms with Crippen molar-refractivity contribution in [2.24, 2.45) is 5.92 Å². The first kappa shape index (κ1) is 16.9. The Bertz CT molecular complexity index is 616. The van der Waals surface area contributed by atoms with Crippen LogP contribution in [0.3, 0.4) is 0 Å². The highest BCUT2D eigenvalue weighted by Crippen LogP contribution is 2.48. The zero-order valence-corrected chi connectivity index (χ0v) is 12.7. The normalized spacial score (nSPS) is 36.6. The molecule has 5 unspecified atom stereocenters. The Balaban J connectivity index is 1.63. The van der Waals surface area contributed by atoms with Gasteiger partial charge >= 0.3 is 17.8 Å². The number of carbonyl (C=O) groups excluding carboxylic acids is 1. The van der Waals surface area contributed by atoms with E-state index in [-0.39, 0.29) is 13.3 Å². The number of halogens is 4. The third-order valence-corrected chi connectivity index (χ3v) is 5.57. The number of hydrogen-bond donors (Lipinski definition) is 0. The van der Waals surface area contributed by atoms with E-state index in [1.165, 1.54) is 0 Å². The molecule has 0 amide bonds. The van der Waals surface area contributed by atoms with Crippen LogP contribution >= 0.6 is 0 Å². The van der Waals surface area contributed by atoms with Gasteiger partial charge in [-0.25, -0.2) is 8.78 Å². The second-order valence-corrected chi connectivity index (χ2v) is 7.76. The van der Waals surface area contributed by atoms with Gasteiger partial charge in [0.05, 0.1) is 17.8 Å². The molecule has 11 heteroatoms. The summed E-state index contributed by atoms with van der Waals surface area (Å²) in [7, 11) is -4.51. The monoisotopic (exact) mass is 362 g/mol. The van der Waals surface area contributed by atoms with Crippen molar-refractivity contribution in [2.75, 3.05) is 5.75 Å². The van der Waals surface area contributed by atoms with Crippen LogP contribution in [-0.4, -0.2) is 56.4 Å². The van der Waals surface area contributed by atoms with Crippen molar-refractivity contribution in [2.45, 2.75) is 56.0 Å². The molecule has 132 valence electrons. The van der Waals surface area contributed by atoms with Crippen molar-refractivity contribution in [3.8, 4) is 0 Å². The van der Waals surface area contributed by atoms with Crippen LogP contribution in [0, 0.1) is 5.92 Å². The van der Waals surface area contributed by atoms with E-state index in [1.807, 2.05) is 0 Å². The number of esters is 1. The molecule has 0 aromatic carbocycles. The van der Waals surface area contributed by atoms with E-state index in [2.05, 4.69) is 0 Å². The topological polar surface area (TPSA) is 78.9 Å². The Morgan fingerprint density at radius 3 is 2.52 bits per heavy atom. The molecule has 0 radical (unpaired) electrons. The van der Waals surface area contributed by atoms with Gasteiger partial charge in [0, 0.05) is 13.3 Å². The lowest BCUT2D eigenvalue weighted by Crippen LogP contribution is -2.42. The molecule has 0 spiro atoms. The molecule has 3 aliphatic heterocycles. The third kappa shape index (κ3) is 2.82. The summed E-state index contributed by atoms with van der Waals surface area (Å²) < 4.78 is 90.5. The van der Waals surface area contributed by atoms with Crippen LogP contribution in [-0.2, 0) is 28.6 Å². The maximum atomic E-state index is 13.2. The summed E-state index contributed by atoms with van der Waals surface area (Å²) in [5.41, 5.74) is 0. The first-order valence-corrected chi connectivity index (χ1v) is 8.52. The van der Waals surface area contributed by atoms with Crippen LogP contribution < -0.4 is 0 Å². The Morgan fingerprint density at radius 1 is 1.26 bits per heavy atom. The van der Waals surface area contributed by atoms with E-state index < -0.39 is 70.4 Å². The SMILES string of the molecule is CC(F)(F)C(F)(F)CCS(=O)(=O)OC1C2CC3C(=O)OC1C3O2. The molecule has 0 aromatic heterocycles. The fourth-order valence-corrected chi connectivity index (χ4v) is 4.22. The molecule has 2 bridgehead atoms. The molecule has 6 nitrogen and oxygen atoms in total. The van der Waals surface area contributed by atoms with Crippen molar-refractivity contribution in [3.63, 3.8) is 0 Å². The summed E-state index contributed by atoms with van der Waals surface area (Å²) in [6.07, 6.45) is -4.67. The van der Waals surface area contributed by atoms with Crippen LogP contribution in [0.25, 0.3) is 0 Å². The molecule has 0 aliphatic carbocycles. The van der Waals surface area contributed by atoms with Gasteiger partial charge in [0.2, 0.25) is 0 Å². The number of rotatable bonds is 6. The summed E-state index contributed by atoms with van der Waals surface area (Å²) >= 11 is 0. The van der Waals surface area contributed by atoms with Crippen LogP contribution in [0.4, 0.5) is 17.6 Å². The van der Waals surface area contributed by atoms with Gasteiger partial charge in [-0.3, -0.25) is 8.98 Å². The van der Waals surface area contributed by atoms with Gasteiger partial charge in [-0.2, -0.15) is 17.2 Å². The van der Waals surface area contributed by atoms with Gasteiger partial charge in [0.15, 0.2) is 6.10 Å². The molecular weight excluding hydrogens is 348 g/mol. The Kier molecular flexibility index (Phi) is 3.69. The van der Waals surface area contributed by atoms with Gasteiger partial charge in [0.1, 0.15) is 12.2 Å². The number of fused-ring (bicyclic) bond motifs is 1. The van der Waals surface area contributed by atoms with E-state index in [1.54, 1.807) is 0 Å². The average molecular weight is 362 g/mol. The fourth-order valence-electron chi connectivity index (χ4n) is 3.05. The maximum Gasteiger partial charge on any atom is 0.312 e. The fraction of sp³-hybridized carbons (Fsp3) is 0.917. The minimum absolute atomic E-state index is 0.0162. The quantitative estimate of drug-likeness (QED) is 0.400. The molecular formula is C12H14F4O6S. The van der Waals surface area contributed by atoms with Crippen molar-refractivity contribution in [1.82, 2.24) is 0 Å². The molecule has 3 aliphatic rings. The molecule has 0 aromatic rings. The molecule has 3 heterocycles. The lowest BCUT2D eigenvalue weighted by atomic mass is 9.88. The Morgan fingerprint density at radius 2 is 1.91 bits per heavy atom. The number of hydrogen-bond acceptors (Lipinski definition) is 6. The van der Waals surface area contributed by atoms with Crippen LogP contribution in [0.5, 0.6) is 0 Å². The van der Waals surface area contributed by atoms with Crippen molar-refractivity contribution in [3.05, 3.63) is 0 Å². The molecule has 0 N–H and O–H groups in total. The second-order valence-electron chi connectivity index (χ2n) is 6.05. The molecule has 0 saturated carbocycles. The first-order chi connectivity index (χ1) is 10.4. The average Bonchev–Trinajstić information content (AvgIpc) is 3.00. The highest BCUT2D eigenvalue weighted by atomic mass is 32.2. The lowest BCUT2D eigenvalue weighted by molar-refractivity contribution is -0.198. The molecule has 3 fully saturated rings. The van der Waals surface area contributed by atoms with Crippen LogP contribution in [0.15, 0.2) is 0 Å². The van der Waals surface area contributed by atoms with E-state index in [9.17, 15) is 30.8 Å². The smallest absolute Gasteiger partial charge is 0.312 e. The Hall–Kier alpha value is -0.940. The van der Waals surface area contributed by atoms with Crippen molar-refractivity contribution >= 4 is 16.1 Å². The van der Waals surface area contributed by atoms with Gasteiger partial charge < -0.3 is 9.47 Å². The van der Waals surface area contributed by atoms with E-state index >= 15 is 0 Å². The standard InChI is InChI=1S/C12H14F4O6S/c1-11(13,14)12(15,16)2-3-23(18,19)22-8-6-4-5-7(20-6)9(8)21-10(5)17/h5-9H,2-4H2,1H3.